The van der Waals surface area contributed by atoms with Crippen LogP contribution in [0.4, 0.5) is 5.69 Å². The lowest BCUT2D eigenvalue weighted by Gasteiger charge is -2.33. The second kappa shape index (κ2) is 6.44. The largest absolute Gasteiger partial charge is 0.336 e. The summed E-state index contributed by atoms with van der Waals surface area (Å²) in [7, 11) is 0.505. The summed E-state index contributed by atoms with van der Waals surface area (Å²) >= 11 is 0. The van der Waals surface area contributed by atoms with Crippen LogP contribution in [-0.4, -0.2) is 54.4 Å². The molecule has 1 saturated heterocycles. The molecular weight excluding hydrogens is 245 g/mol. The molecule has 0 saturated carbocycles. The van der Waals surface area contributed by atoms with Crippen LogP contribution >= 0.6 is 0 Å². The number of nitro groups is 1. The Hall–Kier alpha value is -1.73. The molecule has 1 fully saturated rings. The Morgan fingerprint density at radius 3 is 2.37 bits per heavy atom. The number of hydrogen-bond donors (Lipinski definition) is 0. The molecule has 0 aliphatic carbocycles. The fourth-order valence-electron chi connectivity index (χ4n) is 2.22. The zero-order valence-electron chi connectivity index (χ0n) is 10.7. The summed E-state index contributed by atoms with van der Waals surface area (Å²) in [5, 5.41) is 10.6. The molecule has 0 radical (unpaired) electrons. The summed E-state index contributed by atoms with van der Waals surface area (Å²) < 4.78 is 0. The van der Waals surface area contributed by atoms with Crippen LogP contribution in [0.25, 0.3) is 0 Å². The van der Waals surface area contributed by atoms with Crippen LogP contribution in [0.3, 0.4) is 0 Å². The third kappa shape index (κ3) is 3.87. The minimum absolute atomic E-state index is 0.125. The molecule has 0 unspecified atom stereocenters. The van der Waals surface area contributed by atoms with Gasteiger partial charge in [-0.05, 0) is 5.56 Å². The van der Waals surface area contributed by atoms with Crippen molar-refractivity contribution in [3.05, 3.63) is 39.9 Å². The quantitative estimate of drug-likeness (QED) is 0.329. The van der Waals surface area contributed by atoms with E-state index in [2.05, 4.69) is 9.71 Å². The van der Waals surface area contributed by atoms with E-state index in [1.807, 2.05) is 0 Å². The molecule has 7 heteroatoms. The van der Waals surface area contributed by atoms with Crippen molar-refractivity contribution in [1.82, 2.24) is 9.71 Å². The molecular formula is C12H16BN3O3. The molecule has 1 heterocycles. The molecule has 1 aliphatic heterocycles. The number of piperazine rings is 1. The lowest BCUT2D eigenvalue weighted by Crippen LogP contribution is -2.47. The lowest BCUT2D eigenvalue weighted by atomic mass is 9.93. The normalized spacial score (nSPS) is 17.1. The van der Waals surface area contributed by atoms with Crippen molar-refractivity contribution in [2.75, 3.05) is 26.2 Å². The van der Waals surface area contributed by atoms with Gasteiger partial charge in [0.25, 0.3) is 13.1 Å². The first-order chi connectivity index (χ1) is 9.19. The Kier molecular flexibility index (Phi) is 4.65. The number of carbonyl (C=O) groups excluding carboxylic acids is 1. The van der Waals surface area contributed by atoms with Gasteiger partial charge >= 0.3 is 0 Å². The standard InChI is InChI=1S/C12H16BN3O3/c17-10-13-15-7-5-14(6-8-15)9-11-1-3-12(4-2-11)16(18)19/h1-4,10,13H,5-9H2. The maximum absolute atomic E-state index is 10.6. The number of nitro benzene ring substituents is 1. The summed E-state index contributed by atoms with van der Waals surface area (Å²) in [6.45, 7) is 4.43. The fraction of sp³-hybridized carbons (Fsp3) is 0.417. The SMILES string of the molecule is O=CBN1CCN(Cc2ccc([N+](=O)[O-])cc2)CC1. The van der Waals surface area contributed by atoms with Crippen molar-refractivity contribution in [2.24, 2.45) is 0 Å². The van der Waals surface area contributed by atoms with Gasteiger partial charge in [-0.1, -0.05) is 12.1 Å². The molecule has 0 N–H and O–H groups in total. The fourth-order valence-corrected chi connectivity index (χ4v) is 2.22. The monoisotopic (exact) mass is 261 g/mol. The second-order valence-corrected chi connectivity index (χ2v) is 4.67. The van der Waals surface area contributed by atoms with Crippen LogP contribution in [0.15, 0.2) is 24.3 Å². The highest BCUT2D eigenvalue weighted by Crippen LogP contribution is 2.14. The van der Waals surface area contributed by atoms with Crippen molar-refractivity contribution in [1.29, 1.82) is 0 Å². The maximum atomic E-state index is 10.6. The zero-order valence-corrected chi connectivity index (χ0v) is 10.7. The van der Waals surface area contributed by atoms with Gasteiger partial charge < -0.3 is 9.61 Å². The van der Waals surface area contributed by atoms with Crippen LogP contribution in [0.2, 0.25) is 0 Å². The van der Waals surface area contributed by atoms with Gasteiger partial charge in [-0.3, -0.25) is 15.0 Å². The molecule has 0 spiro atoms. The van der Waals surface area contributed by atoms with Gasteiger partial charge in [0, 0.05) is 44.9 Å². The number of hydrogen-bond acceptors (Lipinski definition) is 5. The number of carbonyl (C=O) groups is 1. The van der Waals surface area contributed by atoms with Crippen molar-refractivity contribution in [3.63, 3.8) is 0 Å². The first-order valence-corrected chi connectivity index (χ1v) is 6.30. The Morgan fingerprint density at radius 1 is 1.21 bits per heavy atom. The van der Waals surface area contributed by atoms with Crippen LogP contribution in [0, 0.1) is 10.1 Å². The molecule has 6 nitrogen and oxygen atoms in total. The Morgan fingerprint density at radius 2 is 1.84 bits per heavy atom. The van der Waals surface area contributed by atoms with E-state index < -0.39 is 0 Å². The Balaban J connectivity index is 1.85. The van der Waals surface area contributed by atoms with Gasteiger partial charge in [-0.2, -0.15) is 0 Å². The van der Waals surface area contributed by atoms with Crippen molar-refractivity contribution in [2.45, 2.75) is 6.54 Å². The molecule has 0 atom stereocenters. The average Bonchev–Trinajstić information content (AvgIpc) is 2.42. The molecule has 0 aromatic heterocycles. The minimum atomic E-state index is -0.387. The van der Waals surface area contributed by atoms with Crippen molar-refractivity contribution >= 4 is 19.3 Å². The molecule has 1 aromatic rings. The summed E-state index contributed by atoms with van der Waals surface area (Å²) in [4.78, 5) is 25.0. The average molecular weight is 261 g/mol. The van der Waals surface area contributed by atoms with Gasteiger partial charge in [0.15, 0.2) is 0 Å². The second-order valence-electron chi connectivity index (χ2n) is 4.67. The van der Waals surface area contributed by atoms with Gasteiger partial charge in [0.1, 0.15) is 0 Å². The predicted octanol–water partition coefficient (Wildman–Crippen LogP) is 0.254. The van der Waals surface area contributed by atoms with E-state index in [9.17, 15) is 14.9 Å². The highest BCUT2D eigenvalue weighted by atomic mass is 16.6. The molecule has 100 valence electrons. The van der Waals surface area contributed by atoms with E-state index in [0.29, 0.717) is 7.41 Å². The summed E-state index contributed by atoms with van der Waals surface area (Å²) in [6.07, 6.45) is 0.936. The summed E-state index contributed by atoms with van der Waals surface area (Å²) in [5.74, 6) is 0. The van der Waals surface area contributed by atoms with E-state index in [1.165, 1.54) is 12.1 Å². The maximum Gasteiger partial charge on any atom is 0.281 e. The Labute approximate surface area is 112 Å². The van der Waals surface area contributed by atoms with E-state index in [1.54, 1.807) is 12.1 Å². The predicted molar refractivity (Wildman–Crippen MR) is 73.8 cm³/mol. The van der Waals surface area contributed by atoms with E-state index >= 15 is 0 Å². The molecule has 2 rings (SSSR count). The molecule has 0 amide bonds. The first kappa shape index (κ1) is 13.7. The number of rotatable bonds is 5. The molecule has 19 heavy (non-hydrogen) atoms. The Bertz CT molecular complexity index is 444. The smallest absolute Gasteiger partial charge is 0.281 e. The number of benzene rings is 1. The zero-order chi connectivity index (χ0) is 13.7. The lowest BCUT2D eigenvalue weighted by molar-refractivity contribution is -0.384. The van der Waals surface area contributed by atoms with Crippen LogP contribution in [-0.2, 0) is 11.3 Å². The summed E-state index contributed by atoms with van der Waals surface area (Å²) in [5.41, 5.74) is 1.20. The molecule has 0 bridgehead atoms. The highest BCUT2D eigenvalue weighted by Gasteiger charge is 2.17. The topological polar surface area (TPSA) is 66.7 Å². The van der Waals surface area contributed by atoms with Crippen molar-refractivity contribution < 1.29 is 9.72 Å². The van der Waals surface area contributed by atoms with Crippen molar-refractivity contribution in [3.8, 4) is 0 Å². The van der Waals surface area contributed by atoms with E-state index in [4.69, 9.17) is 0 Å². The van der Waals surface area contributed by atoms with Crippen LogP contribution in [0.5, 0.6) is 0 Å². The highest BCUT2D eigenvalue weighted by molar-refractivity contribution is 6.64. The van der Waals surface area contributed by atoms with Gasteiger partial charge in [-0.25, -0.2) is 0 Å². The first-order valence-electron chi connectivity index (χ1n) is 6.30. The third-order valence-corrected chi connectivity index (χ3v) is 3.35. The van der Waals surface area contributed by atoms with Gasteiger partial charge in [0.2, 0.25) is 0 Å². The number of non-ortho nitro benzene ring substituents is 1. The van der Waals surface area contributed by atoms with E-state index in [0.717, 1.165) is 44.5 Å². The third-order valence-electron chi connectivity index (χ3n) is 3.35. The van der Waals surface area contributed by atoms with Crippen LogP contribution < -0.4 is 0 Å². The van der Waals surface area contributed by atoms with E-state index in [-0.39, 0.29) is 10.6 Å². The number of nitrogens with zero attached hydrogens (tertiary/aromatic N) is 3. The molecule has 1 aliphatic rings. The van der Waals surface area contributed by atoms with Gasteiger partial charge in [0.05, 0.1) is 11.1 Å². The molecule has 1 aromatic carbocycles. The minimum Gasteiger partial charge on any atom is -0.336 e. The van der Waals surface area contributed by atoms with Gasteiger partial charge in [-0.15, -0.1) is 0 Å². The summed E-state index contributed by atoms with van der Waals surface area (Å²) in [6, 6.07) is 6.68. The van der Waals surface area contributed by atoms with Crippen LogP contribution in [0.1, 0.15) is 5.56 Å².